The third-order valence-corrected chi connectivity index (χ3v) is 4.82. The van der Waals surface area contributed by atoms with Crippen LogP contribution in [0.4, 0.5) is 15.9 Å². The molecule has 3 N–H and O–H groups in total. The maximum atomic E-state index is 13.5. The number of nitrogens with zero attached hydrogens (tertiary/aromatic N) is 4. The minimum atomic E-state index is -0.805. The third kappa shape index (κ3) is 3.49. The second kappa shape index (κ2) is 7.47. The number of anilines is 2. The van der Waals surface area contributed by atoms with E-state index < -0.39 is 11.7 Å². The van der Waals surface area contributed by atoms with Gasteiger partial charge in [0.25, 0.3) is 11.8 Å². The Morgan fingerprint density at radius 1 is 1.24 bits per heavy atom. The fourth-order valence-electron chi connectivity index (χ4n) is 3.32. The molecule has 0 atom stereocenters. The predicted molar refractivity (Wildman–Crippen MR) is 103 cm³/mol. The second-order valence-electron chi connectivity index (χ2n) is 6.63. The van der Waals surface area contributed by atoms with E-state index in [4.69, 9.17) is 10.5 Å². The van der Waals surface area contributed by atoms with Gasteiger partial charge in [-0.2, -0.15) is 0 Å². The first-order valence-electron chi connectivity index (χ1n) is 8.99. The molecule has 0 unspecified atom stereocenters. The molecule has 3 aromatic heterocycles. The lowest BCUT2D eigenvalue weighted by Gasteiger charge is -2.26. The maximum Gasteiger partial charge on any atom is 0.270 e. The lowest BCUT2D eigenvalue weighted by molar-refractivity contribution is 0.0297. The number of carbonyl (C=O) groups excluding carboxylic acids is 2. The van der Waals surface area contributed by atoms with Gasteiger partial charge in [-0.25, -0.2) is 14.4 Å². The number of rotatable bonds is 4. The van der Waals surface area contributed by atoms with E-state index in [1.165, 1.54) is 0 Å². The SMILES string of the molecule is Cn1c(C(=O)N2CCOCC2)cc2c(Nc3ncc(F)cc3C(N)=O)ccnc21. The van der Waals surface area contributed by atoms with Gasteiger partial charge < -0.3 is 25.3 Å². The summed E-state index contributed by atoms with van der Waals surface area (Å²) in [5.41, 5.74) is 6.88. The van der Waals surface area contributed by atoms with Crippen molar-refractivity contribution in [1.82, 2.24) is 19.4 Å². The first-order valence-corrected chi connectivity index (χ1v) is 8.99. The number of carbonyl (C=O) groups is 2. The number of amides is 2. The van der Waals surface area contributed by atoms with Gasteiger partial charge in [0.05, 0.1) is 30.7 Å². The largest absolute Gasteiger partial charge is 0.378 e. The predicted octanol–water partition coefficient (Wildman–Crippen LogP) is 1.42. The summed E-state index contributed by atoms with van der Waals surface area (Å²) in [4.78, 5) is 34.6. The van der Waals surface area contributed by atoms with Crippen LogP contribution in [0.15, 0.2) is 30.6 Å². The van der Waals surface area contributed by atoms with Crippen molar-refractivity contribution in [1.29, 1.82) is 0 Å². The molecular weight excluding hydrogens is 379 g/mol. The Balaban J connectivity index is 1.74. The highest BCUT2D eigenvalue weighted by atomic mass is 19.1. The molecular formula is C19H19FN6O3. The number of fused-ring (bicyclic) bond motifs is 1. The van der Waals surface area contributed by atoms with Crippen LogP contribution in [-0.4, -0.2) is 57.6 Å². The molecule has 0 radical (unpaired) electrons. The molecule has 1 aliphatic rings. The Hall–Kier alpha value is -3.53. The van der Waals surface area contributed by atoms with Gasteiger partial charge in [-0.1, -0.05) is 0 Å². The zero-order valence-electron chi connectivity index (χ0n) is 15.7. The lowest BCUT2D eigenvalue weighted by Crippen LogP contribution is -2.41. The molecule has 3 aromatic rings. The fourth-order valence-corrected chi connectivity index (χ4v) is 3.32. The van der Waals surface area contributed by atoms with Gasteiger partial charge in [0.15, 0.2) is 0 Å². The van der Waals surface area contributed by atoms with Crippen LogP contribution >= 0.6 is 0 Å². The van der Waals surface area contributed by atoms with E-state index in [1.54, 1.807) is 34.8 Å². The van der Waals surface area contributed by atoms with Crippen molar-refractivity contribution in [3.8, 4) is 0 Å². The molecule has 4 rings (SSSR count). The highest BCUT2D eigenvalue weighted by Gasteiger charge is 2.23. The molecule has 1 aliphatic heterocycles. The number of pyridine rings is 2. The van der Waals surface area contributed by atoms with Crippen LogP contribution < -0.4 is 11.1 Å². The van der Waals surface area contributed by atoms with E-state index in [9.17, 15) is 14.0 Å². The topological polar surface area (TPSA) is 115 Å². The molecule has 29 heavy (non-hydrogen) atoms. The van der Waals surface area contributed by atoms with E-state index in [0.717, 1.165) is 12.3 Å². The van der Waals surface area contributed by atoms with Crippen molar-refractivity contribution in [3.05, 3.63) is 47.7 Å². The molecule has 0 aliphatic carbocycles. The molecule has 1 fully saturated rings. The van der Waals surface area contributed by atoms with Crippen molar-refractivity contribution in [2.24, 2.45) is 12.8 Å². The Labute approximate surface area is 165 Å². The van der Waals surface area contributed by atoms with E-state index in [-0.39, 0.29) is 17.3 Å². The molecule has 0 saturated carbocycles. The highest BCUT2D eigenvalue weighted by molar-refractivity contribution is 6.03. The normalized spacial score (nSPS) is 14.2. The van der Waals surface area contributed by atoms with Crippen LogP contribution in [0, 0.1) is 5.82 Å². The summed E-state index contributed by atoms with van der Waals surface area (Å²) in [7, 11) is 1.76. The van der Waals surface area contributed by atoms with Crippen LogP contribution in [-0.2, 0) is 11.8 Å². The Bertz CT molecular complexity index is 1110. The minimum Gasteiger partial charge on any atom is -0.378 e. The third-order valence-electron chi connectivity index (χ3n) is 4.82. The molecule has 9 nitrogen and oxygen atoms in total. The fraction of sp³-hybridized carbons (Fsp3) is 0.263. The highest BCUT2D eigenvalue weighted by Crippen LogP contribution is 2.29. The van der Waals surface area contributed by atoms with Gasteiger partial charge in [0.2, 0.25) is 0 Å². The van der Waals surface area contributed by atoms with Gasteiger partial charge >= 0.3 is 0 Å². The number of primary amides is 1. The Kier molecular flexibility index (Phi) is 4.85. The molecule has 0 spiro atoms. The summed E-state index contributed by atoms with van der Waals surface area (Å²) in [6, 6.07) is 4.44. The van der Waals surface area contributed by atoms with Crippen LogP contribution in [0.25, 0.3) is 11.0 Å². The summed E-state index contributed by atoms with van der Waals surface area (Å²) in [5, 5.41) is 3.67. The molecule has 0 bridgehead atoms. The van der Waals surface area contributed by atoms with Crippen LogP contribution in [0.5, 0.6) is 0 Å². The molecule has 10 heteroatoms. The average Bonchev–Trinajstić information content (AvgIpc) is 3.07. The van der Waals surface area contributed by atoms with Gasteiger partial charge in [0, 0.05) is 31.7 Å². The Morgan fingerprint density at radius 2 is 2.00 bits per heavy atom. The van der Waals surface area contributed by atoms with E-state index >= 15 is 0 Å². The van der Waals surface area contributed by atoms with Crippen LogP contribution in [0.3, 0.4) is 0 Å². The number of nitrogens with two attached hydrogens (primary N) is 1. The zero-order valence-corrected chi connectivity index (χ0v) is 15.7. The maximum absolute atomic E-state index is 13.5. The first-order chi connectivity index (χ1) is 14.0. The second-order valence-corrected chi connectivity index (χ2v) is 6.63. The summed E-state index contributed by atoms with van der Waals surface area (Å²) in [6.45, 7) is 2.07. The van der Waals surface area contributed by atoms with E-state index in [2.05, 4.69) is 15.3 Å². The molecule has 1 saturated heterocycles. The van der Waals surface area contributed by atoms with Gasteiger partial charge in [0.1, 0.15) is 23.0 Å². The number of aryl methyl sites for hydroxylation is 1. The van der Waals surface area contributed by atoms with Crippen LogP contribution in [0.1, 0.15) is 20.8 Å². The lowest BCUT2D eigenvalue weighted by atomic mass is 10.2. The number of ether oxygens (including phenoxy) is 1. The molecule has 2 amide bonds. The summed E-state index contributed by atoms with van der Waals surface area (Å²) < 4.78 is 20.5. The number of hydrogen-bond acceptors (Lipinski definition) is 6. The number of aromatic nitrogens is 3. The zero-order chi connectivity index (χ0) is 20.5. The van der Waals surface area contributed by atoms with Gasteiger partial charge in [-0.05, 0) is 18.2 Å². The van der Waals surface area contributed by atoms with Crippen molar-refractivity contribution in [3.63, 3.8) is 0 Å². The quantitative estimate of drug-likeness (QED) is 0.687. The number of hydrogen-bond donors (Lipinski definition) is 2. The summed E-state index contributed by atoms with van der Waals surface area (Å²) in [6.07, 6.45) is 2.56. The van der Waals surface area contributed by atoms with Crippen molar-refractivity contribution in [2.75, 3.05) is 31.6 Å². The van der Waals surface area contributed by atoms with Gasteiger partial charge in [-0.3, -0.25) is 9.59 Å². The number of nitrogens with one attached hydrogen (secondary N) is 1. The number of halogens is 1. The Morgan fingerprint density at radius 3 is 2.72 bits per heavy atom. The van der Waals surface area contributed by atoms with Crippen LogP contribution in [0.2, 0.25) is 0 Å². The first kappa shape index (κ1) is 18.8. The van der Waals surface area contributed by atoms with Crippen molar-refractivity contribution >= 4 is 34.4 Å². The van der Waals surface area contributed by atoms with Gasteiger partial charge in [-0.15, -0.1) is 0 Å². The number of morpholine rings is 1. The van der Waals surface area contributed by atoms with Crippen molar-refractivity contribution in [2.45, 2.75) is 0 Å². The smallest absolute Gasteiger partial charge is 0.270 e. The van der Waals surface area contributed by atoms with Crippen molar-refractivity contribution < 1.29 is 18.7 Å². The average molecular weight is 398 g/mol. The molecule has 4 heterocycles. The molecule has 0 aromatic carbocycles. The molecule has 150 valence electrons. The minimum absolute atomic E-state index is 0.0736. The monoisotopic (exact) mass is 398 g/mol. The summed E-state index contributed by atoms with van der Waals surface area (Å²) >= 11 is 0. The van der Waals surface area contributed by atoms with E-state index in [0.29, 0.717) is 48.7 Å². The van der Waals surface area contributed by atoms with E-state index in [1.807, 2.05) is 0 Å². The summed E-state index contributed by atoms with van der Waals surface area (Å²) in [5.74, 6) is -1.46. The standard InChI is InChI=1S/C19H19FN6O3/c1-25-15(19(28)26-4-6-29-7-5-26)9-12-14(2-3-22-18(12)25)24-17-13(16(21)27)8-11(20)10-23-17/h2-3,8-10H,4-7H2,1H3,(H2,21,27)(H,22,23,24).